The molecular weight excluding hydrogens is 436 g/mol. The second kappa shape index (κ2) is 9.39. The molecule has 0 aliphatic carbocycles. The molecule has 2 aromatic carbocycles. The molecule has 0 radical (unpaired) electrons. The highest BCUT2D eigenvalue weighted by molar-refractivity contribution is 8.00. The van der Waals surface area contributed by atoms with Gasteiger partial charge in [0.2, 0.25) is 11.1 Å². The number of hydrogen-bond acceptors (Lipinski definition) is 6. The van der Waals surface area contributed by atoms with Gasteiger partial charge in [0.1, 0.15) is 12.1 Å². The van der Waals surface area contributed by atoms with Crippen LogP contribution in [0.25, 0.3) is 11.4 Å². The molecule has 1 aliphatic rings. The van der Waals surface area contributed by atoms with Crippen LogP contribution in [0.2, 0.25) is 0 Å². The van der Waals surface area contributed by atoms with E-state index in [1.807, 2.05) is 76.2 Å². The Bertz CT molecular complexity index is 1150. The summed E-state index contributed by atoms with van der Waals surface area (Å²) >= 11 is 1.32. The van der Waals surface area contributed by atoms with Crippen LogP contribution < -0.4 is 4.90 Å². The number of para-hydroxylation sites is 1. The van der Waals surface area contributed by atoms with Crippen molar-refractivity contribution < 1.29 is 14.3 Å². The lowest BCUT2D eigenvalue weighted by Gasteiger charge is -2.26. The Labute approximate surface area is 197 Å². The highest BCUT2D eigenvalue weighted by Gasteiger charge is 2.34. The van der Waals surface area contributed by atoms with Gasteiger partial charge in [-0.25, -0.2) is 4.98 Å². The average Bonchev–Trinajstić information content (AvgIpc) is 3.18. The van der Waals surface area contributed by atoms with Gasteiger partial charge in [-0.3, -0.25) is 19.6 Å². The van der Waals surface area contributed by atoms with Crippen molar-refractivity contribution in [1.82, 2.24) is 15.2 Å². The minimum Gasteiger partial charge on any atom is -0.459 e. The summed E-state index contributed by atoms with van der Waals surface area (Å²) in [4.78, 5) is 32.3. The fourth-order valence-corrected chi connectivity index (χ4v) is 4.69. The number of rotatable bonds is 5. The van der Waals surface area contributed by atoms with Gasteiger partial charge in [0.05, 0.1) is 5.25 Å². The van der Waals surface area contributed by atoms with Gasteiger partial charge in [-0.05, 0) is 52.2 Å². The van der Waals surface area contributed by atoms with E-state index in [1.165, 1.54) is 17.3 Å². The number of amides is 1. The molecule has 1 amide bonds. The molecule has 0 fully saturated rings. The number of hydrogen-bond donors (Lipinski definition) is 1. The van der Waals surface area contributed by atoms with Gasteiger partial charge in [0.15, 0.2) is 5.82 Å². The van der Waals surface area contributed by atoms with E-state index in [0.717, 1.165) is 23.2 Å². The minimum absolute atomic E-state index is 0.132. The maximum atomic E-state index is 13.6. The van der Waals surface area contributed by atoms with Gasteiger partial charge < -0.3 is 4.74 Å². The number of thioether (sulfide) groups is 1. The van der Waals surface area contributed by atoms with Crippen LogP contribution in [0.3, 0.4) is 0 Å². The van der Waals surface area contributed by atoms with Crippen molar-refractivity contribution in [3.63, 3.8) is 0 Å². The summed E-state index contributed by atoms with van der Waals surface area (Å²) in [6, 6.07) is 15.7. The van der Waals surface area contributed by atoms with Crippen molar-refractivity contribution in [1.29, 1.82) is 0 Å². The van der Waals surface area contributed by atoms with E-state index >= 15 is 0 Å². The third-order valence-corrected chi connectivity index (χ3v) is 6.36. The molecule has 3 aromatic rings. The summed E-state index contributed by atoms with van der Waals surface area (Å²) in [7, 11) is 0. The Morgan fingerprint density at radius 2 is 1.91 bits per heavy atom. The normalized spacial score (nSPS) is 16.3. The Morgan fingerprint density at radius 3 is 2.64 bits per heavy atom. The SMILES string of the molecule is Cc1ccc(-c2nc(S[C@@H]3CCc4ccccc4N(CC(=O)OC(C)(C)C)C3=O)n[nH]2)cc1. The highest BCUT2D eigenvalue weighted by atomic mass is 32.2. The fourth-order valence-electron chi connectivity index (χ4n) is 3.73. The number of aromatic amines is 1. The van der Waals surface area contributed by atoms with Crippen molar-refractivity contribution in [2.24, 2.45) is 0 Å². The van der Waals surface area contributed by atoms with E-state index in [2.05, 4.69) is 15.2 Å². The van der Waals surface area contributed by atoms with Gasteiger partial charge in [0.25, 0.3) is 0 Å². The van der Waals surface area contributed by atoms with Crippen molar-refractivity contribution in [2.75, 3.05) is 11.4 Å². The lowest BCUT2D eigenvalue weighted by atomic mass is 10.1. The largest absolute Gasteiger partial charge is 0.459 e. The Kier molecular flexibility index (Phi) is 6.56. The van der Waals surface area contributed by atoms with E-state index in [-0.39, 0.29) is 12.5 Å². The molecule has 0 unspecified atom stereocenters. The van der Waals surface area contributed by atoms with E-state index in [4.69, 9.17) is 4.74 Å². The first kappa shape index (κ1) is 23.0. The molecule has 0 saturated heterocycles. The number of benzene rings is 2. The van der Waals surface area contributed by atoms with Gasteiger partial charge in [0, 0.05) is 11.3 Å². The zero-order valence-corrected chi connectivity index (χ0v) is 20.1. The third-order valence-electron chi connectivity index (χ3n) is 5.24. The lowest BCUT2D eigenvalue weighted by Crippen LogP contribution is -2.42. The number of nitrogens with one attached hydrogen (secondary N) is 1. The van der Waals surface area contributed by atoms with Crippen LogP contribution in [0.1, 0.15) is 38.3 Å². The van der Waals surface area contributed by atoms with Gasteiger partial charge >= 0.3 is 5.97 Å². The van der Waals surface area contributed by atoms with Crippen LogP contribution in [0.4, 0.5) is 5.69 Å². The zero-order chi connectivity index (χ0) is 23.6. The maximum absolute atomic E-state index is 13.6. The Balaban J connectivity index is 1.55. The molecule has 33 heavy (non-hydrogen) atoms. The van der Waals surface area contributed by atoms with Crippen LogP contribution in [-0.4, -0.2) is 44.5 Å². The number of ether oxygens (including phenoxy) is 1. The number of fused-ring (bicyclic) bond motifs is 1. The maximum Gasteiger partial charge on any atom is 0.326 e. The van der Waals surface area contributed by atoms with Crippen LogP contribution in [0, 0.1) is 6.92 Å². The van der Waals surface area contributed by atoms with E-state index in [1.54, 1.807) is 4.90 Å². The van der Waals surface area contributed by atoms with Crippen molar-refractivity contribution >= 4 is 29.3 Å². The van der Waals surface area contributed by atoms with Crippen LogP contribution in [-0.2, 0) is 20.7 Å². The molecular formula is C25H28N4O3S. The fraction of sp³-hybridized carbons (Fsp3) is 0.360. The van der Waals surface area contributed by atoms with Crippen molar-refractivity contribution in [3.8, 4) is 11.4 Å². The second-order valence-corrected chi connectivity index (χ2v) is 10.3. The minimum atomic E-state index is -0.620. The first-order chi connectivity index (χ1) is 15.7. The van der Waals surface area contributed by atoms with Gasteiger partial charge in [-0.2, -0.15) is 0 Å². The predicted octanol–water partition coefficient (Wildman–Crippen LogP) is 4.56. The number of aromatic nitrogens is 3. The molecule has 172 valence electrons. The molecule has 0 bridgehead atoms. The molecule has 0 saturated carbocycles. The smallest absolute Gasteiger partial charge is 0.326 e. The molecule has 0 spiro atoms. The van der Waals surface area contributed by atoms with Crippen LogP contribution in [0.5, 0.6) is 0 Å². The average molecular weight is 465 g/mol. The number of esters is 1. The number of anilines is 1. The molecule has 1 atom stereocenters. The monoisotopic (exact) mass is 464 g/mol. The molecule has 1 aromatic heterocycles. The third kappa shape index (κ3) is 5.63. The predicted molar refractivity (Wildman–Crippen MR) is 129 cm³/mol. The lowest BCUT2D eigenvalue weighted by molar-refractivity contribution is -0.153. The molecule has 7 nitrogen and oxygen atoms in total. The van der Waals surface area contributed by atoms with Gasteiger partial charge in [-0.15, -0.1) is 5.10 Å². The summed E-state index contributed by atoms with van der Waals surface area (Å²) in [5.41, 5.74) is 3.28. The number of carbonyl (C=O) groups is 2. The first-order valence-corrected chi connectivity index (χ1v) is 11.8. The summed E-state index contributed by atoms with van der Waals surface area (Å²) in [5, 5.41) is 7.38. The number of nitrogens with zero attached hydrogens (tertiary/aromatic N) is 3. The highest BCUT2D eigenvalue weighted by Crippen LogP contribution is 2.34. The van der Waals surface area contributed by atoms with Gasteiger partial charge in [-0.1, -0.05) is 59.8 Å². The number of H-pyrrole nitrogens is 1. The number of aryl methyl sites for hydroxylation is 2. The first-order valence-electron chi connectivity index (χ1n) is 11.0. The Morgan fingerprint density at radius 1 is 1.18 bits per heavy atom. The topological polar surface area (TPSA) is 88.2 Å². The number of carbonyl (C=O) groups excluding carboxylic acids is 2. The van der Waals surface area contributed by atoms with E-state index in [9.17, 15) is 9.59 Å². The molecule has 2 heterocycles. The Hall–Kier alpha value is -3.13. The van der Waals surface area contributed by atoms with Crippen LogP contribution in [0.15, 0.2) is 53.7 Å². The summed E-state index contributed by atoms with van der Waals surface area (Å²) < 4.78 is 5.49. The molecule has 1 N–H and O–H groups in total. The summed E-state index contributed by atoms with van der Waals surface area (Å²) in [6.45, 7) is 7.35. The summed E-state index contributed by atoms with van der Waals surface area (Å²) in [6.07, 6.45) is 1.35. The summed E-state index contributed by atoms with van der Waals surface area (Å²) in [5.74, 6) is 0.0841. The van der Waals surface area contributed by atoms with E-state index < -0.39 is 16.8 Å². The molecule has 4 rings (SSSR count). The zero-order valence-electron chi connectivity index (χ0n) is 19.3. The second-order valence-electron chi connectivity index (χ2n) is 9.12. The molecule has 1 aliphatic heterocycles. The van der Waals surface area contributed by atoms with E-state index in [0.29, 0.717) is 17.4 Å². The van der Waals surface area contributed by atoms with Crippen molar-refractivity contribution in [3.05, 3.63) is 59.7 Å². The quantitative estimate of drug-likeness (QED) is 0.557. The van der Waals surface area contributed by atoms with Crippen molar-refractivity contribution in [2.45, 2.75) is 56.5 Å². The molecule has 8 heteroatoms. The standard InChI is InChI=1S/C25H28N4O3S/c1-16-9-11-18(12-10-16)22-26-24(28-27-22)33-20-14-13-17-7-5-6-8-19(17)29(23(20)31)15-21(30)32-25(2,3)4/h5-12,20H,13-15H2,1-4H3,(H,26,27,28)/t20-/m1/s1. The van der Waals surface area contributed by atoms with Crippen LogP contribution >= 0.6 is 11.8 Å².